The summed E-state index contributed by atoms with van der Waals surface area (Å²) in [7, 11) is 0. The van der Waals surface area contributed by atoms with Crippen LogP contribution in [0.2, 0.25) is 0 Å². The molecule has 2 N–H and O–H groups in total. The molecule has 32 heavy (non-hydrogen) atoms. The highest BCUT2D eigenvalue weighted by Gasteiger charge is 2.14. The summed E-state index contributed by atoms with van der Waals surface area (Å²) in [4.78, 5) is 11.8. The number of unbranched alkanes of at least 4 members (excludes halogenated alkanes) is 22. The Labute approximate surface area is 203 Å². The molecule has 0 heterocycles. The molecular weight excluding hydrogens is 390 g/mol. The molecule has 0 atom stereocenters. The fraction of sp³-hybridized carbons (Fsp3) is 0.967. The summed E-state index contributed by atoms with van der Waals surface area (Å²) in [6.07, 6.45) is 34.9. The summed E-state index contributed by atoms with van der Waals surface area (Å²) in [6.45, 7) is 4.57. The van der Waals surface area contributed by atoms with Gasteiger partial charge in [-0.1, -0.05) is 168 Å². The van der Waals surface area contributed by atoms with E-state index in [0.717, 1.165) is 12.8 Å². The van der Waals surface area contributed by atoms with Crippen molar-refractivity contribution < 1.29 is 4.79 Å². The first kappa shape index (κ1) is 31.5. The molecule has 0 aromatic heterocycles. The van der Waals surface area contributed by atoms with Crippen molar-refractivity contribution in [1.82, 2.24) is 0 Å². The van der Waals surface area contributed by atoms with Crippen molar-refractivity contribution in [2.45, 2.75) is 181 Å². The lowest BCUT2D eigenvalue weighted by atomic mass is 9.93. The van der Waals surface area contributed by atoms with Crippen molar-refractivity contribution >= 4 is 5.91 Å². The summed E-state index contributed by atoms with van der Waals surface area (Å²) in [6, 6.07) is 0. The van der Waals surface area contributed by atoms with E-state index in [0.29, 0.717) is 0 Å². The second-order valence-electron chi connectivity index (χ2n) is 10.5. The van der Waals surface area contributed by atoms with Crippen molar-refractivity contribution in [3.8, 4) is 0 Å². The standard InChI is InChI=1S/C30H61NO/c1-3-5-7-9-11-13-15-17-19-21-23-25-27-29(30(31)32)28-26-24-22-20-18-16-14-12-10-8-6-4-2/h29H,3-28H2,1-2H3,(H2,31,32). The fourth-order valence-electron chi connectivity index (χ4n) is 4.89. The van der Waals surface area contributed by atoms with Gasteiger partial charge in [-0.05, 0) is 12.8 Å². The van der Waals surface area contributed by atoms with Gasteiger partial charge in [0, 0.05) is 5.92 Å². The highest BCUT2D eigenvalue weighted by atomic mass is 16.1. The lowest BCUT2D eigenvalue weighted by molar-refractivity contribution is -0.122. The average molecular weight is 452 g/mol. The maximum atomic E-state index is 11.8. The molecule has 0 spiro atoms. The van der Waals surface area contributed by atoms with Crippen LogP contribution >= 0.6 is 0 Å². The van der Waals surface area contributed by atoms with Crippen molar-refractivity contribution in [2.24, 2.45) is 11.7 Å². The molecule has 0 rings (SSSR count). The number of carbonyl (C=O) groups is 1. The van der Waals surface area contributed by atoms with Crippen LogP contribution in [-0.4, -0.2) is 5.91 Å². The normalized spacial score (nSPS) is 11.5. The van der Waals surface area contributed by atoms with Crippen LogP contribution in [0, 0.1) is 5.92 Å². The molecule has 0 aromatic rings. The Bertz CT molecular complexity index is 340. The molecule has 0 unspecified atom stereocenters. The van der Waals surface area contributed by atoms with E-state index in [9.17, 15) is 4.79 Å². The van der Waals surface area contributed by atoms with E-state index < -0.39 is 0 Å². The third-order valence-corrected chi connectivity index (χ3v) is 7.21. The van der Waals surface area contributed by atoms with Crippen LogP contribution in [-0.2, 0) is 4.79 Å². The first-order valence-electron chi connectivity index (χ1n) is 15.0. The Morgan fingerprint density at radius 3 is 0.875 bits per heavy atom. The molecular formula is C30H61NO. The second kappa shape index (κ2) is 26.7. The van der Waals surface area contributed by atoms with E-state index in [-0.39, 0.29) is 11.8 Å². The topological polar surface area (TPSA) is 43.1 Å². The molecule has 0 aliphatic rings. The zero-order chi connectivity index (χ0) is 23.5. The third kappa shape index (κ3) is 24.1. The van der Waals surface area contributed by atoms with E-state index in [2.05, 4.69) is 13.8 Å². The molecule has 0 fully saturated rings. The predicted molar refractivity (Wildman–Crippen MR) is 144 cm³/mol. The number of hydrogen-bond acceptors (Lipinski definition) is 1. The summed E-state index contributed by atoms with van der Waals surface area (Å²) in [5.74, 6) is 0.0670. The van der Waals surface area contributed by atoms with Crippen LogP contribution in [0.5, 0.6) is 0 Å². The quantitative estimate of drug-likeness (QED) is 0.124. The number of carbonyl (C=O) groups excluding carboxylic acids is 1. The largest absolute Gasteiger partial charge is 0.369 e. The molecule has 1 amide bonds. The molecule has 0 saturated carbocycles. The number of rotatable bonds is 27. The maximum absolute atomic E-state index is 11.8. The van der Waals surface area contributed by atoms with Crippen LogP contribution in [0.4, 0.5) is 0 Å². The SMILES string of the molecule is CCCCCCCCCCCCCCC(CCCCCCCCCCCCCC)C(N)=O. The molecule has 2 heteroatoms. The van der Waals surface area contributed by atoms with E-state index in [1.807, 2.05) is 0 Å². The Kier molecular flexibility index (Phi) is 26.3. The molecule has 0 aliphatic heterocycles. The second-order valence-corrected chi connectivity index (χ2v) is 10.5. The van der Waals surface area contributed by atoms with Gasteiger partial charge in [-0.2, -0.15) is 0 Å². The van der Waals surface area contributed by atoms with Crippen LogP contribution in [0.1, 0.15) is 181 Å². The lowest BCUT2D eigenvalue weighted by Crippen LogP contribution is -2.23. The fourth-order valence-corrected chi connectivity index (χ4v) is 4.89. The first-order chi connectivity index (χ1) is 15.7. The van der Waals surface area contributed by atoms with Gasteiger partial charge >= 0.3 is 0 Å². The van der Waals surface area contributed by atoms with Crippen molar-refractivity contribution in [1.29, 1.82) is 0 Å². The van der Waals surface area contributed by atoms with Crippen molar-refractivity contribution in [3.05, 3.63) is 0 Å². The van der Waals surface area contributed by atoms with Crippen molar-refractivity contribution in [2.75, 3.05) is 0 Å². The van der Waals surface area contributed by atoms with Gasteiger partial charge in [0.1, 0.15) is 0 Å². The van der Waals surface area contributed by atoms with E-state index >= 15 is 0 Å². The predicted octanol–water partition coefficient (Wildman–Crippen LogP) is 10.3. The number of amides is 1. The zero-order valence-corrected chi connectivity index (χ0v) is 22.4. The number of nitrogens with two attached hydrogens (primary N) is 1. The highest BCUT2D eigenvalue weighted by Crippen LogP contribution is 2.20. The van der Waals surface area contributed by atoms with Gasteiger partial charge in [-0.15, -0.1) is 0 Å². The summed E-state index contributed by atoms with van der Waals surface area (Å²) < 4.78 is 0. The molecule has 0 aliphatic carbocycles. The van der Waals surface area contributed by atoms with Gasteiger partial charge in [0.05, 0.1) is 0 Å². The van der Waals surface area contributed by atoms with E-state index in [4.69, 9.17) is 5.73 Å². The molecule has 0 saturated heterocycles. The maximum Gasteiger partial charge on any atom is 0.220 e. The highest BCUT2D eigenvalue weighted by molar-refractivity contribution is 5.76. The van der Waals surface area contributed by atoms with Gasteiger partial charge < -0.3 is 5.73 Å². The Morgan fingerprint density at radius 1 is 0.438 bits per heavy atom. The number of hydrogen-bond donors (Lipinski definition) is 1. The van der Waals surface area contributed by atoms with Crippen LogP contribution in [0.15, 0.2) is 0 Å². The van der Waals surface area contributed by atoms with E-state index in [1.165, 1.54) is 154 Å². The van der Waals surface area contributed by atoms with Gasteiger partial charge in [0.2, 0.25) is 5.91 Å². The van der Waals surface area contributed by atoms with Gasteiger partial charge in [0.25, 0.3) is 0 Å². The van der Waals surface area contributed by atoms with E-state index in [1.54, 1.807) is 0 Å². The smallest absolute Gasteiger partial charge is 0.220 e. The monoisotopic (exact) mass is 451 g/mol. The van der Waals surface area contributed by atoms with Gasteiger partial charge in [0.15, 0.2) is 0 Å². The minimum absolute atomic E-state index is 0.0591. The van der Waals surface area contributed by atoms with Crippen LogP contribution in [0.3, 0.4) is 0 Å². The number of primary amides is 1. The summed E-state index contributed by atoms with van der Waals surface area (Å²) in [5.41, 5.74) is 5.68. The van der Waals surface area contributed by atoms with Crippen LogP contribution < -0.4 is 5.73 Å². The van der Waals surface area contributed by atoms with Gasteiger partial charge in [-0.25, -0.2) is 0 Å². The minimum Gasteiger partial charge on any atom is -0.369 e. The van der Waals surface area contributed by atoms with Gasteiger partial charge in [-0.3, -0.25) is 4.79 Å². The molecule has 2 nitrogen and oxygen atoms in total. The zero-order valence-electron chi connectivity index (χ0n) is 22.4. The van der Waals surface area contributed by atoms with Crippen LogP contribution in [0.25, 0.3) is 0 Å². The Hall–Kier alpha value is -0.530. The molecule has 0 aromatic carbocycles. The minimum atomic E-state index is -0.0591. The Balaban J connectivity index is 3.42. The first-order valence-corrected chi connectivity index (χ1v) is 15.0. The summed E-state index contributed by atoms with van der Waals surface area (Å²) >= 11 is 0. The molecule has 0 bridgehead atoms. The molecule has 192 valence electrons. The van der Waals surface area contributed by atoms with Crippen molar-refractivity contribution in [3.63, 3.8) is 0 Å². The summed E-state index contributed by atoms with van der Waals surface area (Å²) in [5, 5.41) is 0. The lowest BCUT2D eigenvalue weighted by Gasteiger charge is -2.13. The molecule has 0 radical (unpaired) electrons. The Morgan fingerprint density at radius 2 is 0.656 bits per heavy atom. The average Bonchev–Trinajstić information content (AvgIpc) is 2.78. The third-order valence-electron chi connectivity index (χ3n) is 7.21.